The minimum absolute atomic E-state index is 0.0870. The molecule has 1 fully saturated rings. The molecule has 6 nitrogen and oxygen atoms in total. The van der Waals surface area contributed by atoms with Gasteiger partial charge in [-0.2, -0.15) is 0 Å². The Hall–Kier alpha value is -2.38. The Morgan fingerprint density at radius 1 is 1.19 bits per heavy atom. The van der Waals surface area contributed by atoms with Crippen LogP contribution in [0.15, 0.2) is 35.7 Å². The molecule has 1 saturated heterocycles. The Balaban J connectivity index is 1.44. The maximum atomic E-state index is 12.2. The van der Waals surface area contributed by atoms with Crippen LogP contribution in [0.4, 0.5) is 10.7 Å². The van der Waals surface area contributed by atoms with Gasteiger partial charge < -0.3 is 16.0 Å². The van der Waals surface area contributed by atoms with E-state index < -0.39 is 5.91 Å². The molecule has 2 aromatic rings. The zero-order chi connectivity index (χ0) is 18.5. The van der Waals surface area contributed by atoms with Gasteiger partial charge >= 0.3 is 0 Å². The number of carbonyl (C=O) groups excluding carboxylic acids is 2. The first-order valence-corrected chi connectivity index (χ1v) is 9.62. The molecule has 7 heteroatoms. The van der Waals surface area contributed by atoms with Gasteiger partial charge in [0.2, 0.25) is 5.91 Å². The van der Waals surface area contributed by atoms with Gasteiger partial charge in [0, 0.05) is 44.8 Å². The van der Waals surface area contributed by atoms with Crippen LogP contribution in [-0.2, 0) is 4.79 Å². The Kier molecular flexibility index (Phi) is 5.90. The van der Waals surface area contributed by atoms with E-state index in [0.717, 1.165) is 26.2 Å². The van der Waals surface area contributed by atoms with E-state index in [1.165, 1.54) is 22.6 Å². The van der Waals surface area contributed by atoms with E-state index in [1.54, 1.807) is 11.4 Å². The second-order valence-corrected chi connectivity index (χ2v) is 7.41. The van der Waals surface area contributed by atoms with Crippen molar-refractivity contribution < 1.29 is 9.59 Å². The third-order valence-electron chi connectivity index (χ3n) is 4.58. The topological polar surface area (TPSA) is 78.7 Å². The average Bonchev–Trinajstić information content (AvgIpc) is 3.09. The Morgan fingerprint density at radius 3 is 2.65 bits per heavy atom. The van der Waals surface area contributed by atoms with Crippen molar-refractivity contribution in [2.75, 3.05) is 42.9 Å². The van der Waals surface area contributed by atoms with Crippen molar-refractivity contribution in [2.24, 2.45) is 5.73 Å². The smallest absolute Gasteiger partial charge is 0.251 e. The van der Waals surface area contributed by atoms with Gasteiger partial charge in [-0.15, -0.1) is 11.3 Å². The van der Waals surface area contributed by atoms with Crippen LogP contribution >= 0.6 is 11.3 Å². The summed E-state index contributed by atoms with van der Waals surface area (Å²) in [6.45, 7) is 6.61. The van der Waals surface area contributed by atoms with Crippen molar-refractivity contribution in [1.82, 2.24) is 4.90 Å². The molecular formula is C19H24N4O2S. The molecular weight excluding hydrogens is 348 g/mol. The Labute approximate surface area is 157 Å². The number of hydrogen-bond acceptors (Lipinski definition) is 5. The molecule has 0 aliphatic carbocycles. The van der Waals surface area contributed by atoms with E-state index in [-0.39, 0.29) is 5.91 Å². The SMILES string of the molecule is Cc1cccc(N2CCN(CCC(=O)Nc3sccc3C(N)=O)CC2)c1. The van der Waals surface area contributed by atoms with Crippen molar-refractivity contribution in [3.63, 3.8) is 0 Å². The molecule has 26 heavy (non-hydrogen) atoms. The van der Waals surface area contributed by atoms with Gasteiger partial charge in [-0.1, -0.05) is 12.1 Å². The van der Waals surface area contributed by atoms with Crippen LogP contribution in [0.3, 0.4) is 0 Å². The second kappa shape index (κ2) is 8.33. The molecule has 2 heterocycles. The number of amides is 2. The second-order valence-electron chi connectivity index (χ2n) is 6.49. The third-order valence-corrected chi connectivity index (χ3v) is 5.41. The van der Waals surface area contributed by atoms with E-state index in [4.69, 9.17) is 5.73 Å². The minimum Gasteiger partial charge on any atom is -0.369 e. The summed E-state index contributed by atoms with van der Waals surface area (Å²) in [6.07, 6.45) is 0.403. The number of nitrogens with zero attached hydrogens (tertiary/aromatic N) is 2. The van der Waals surface area contributed by atoms with Gasteiger partial charge in [0.1, 0.15) is 5.00 Å². The number of thiophene rings is 1. The van der Waals surface area contributed by atoms with Crippen LogP contribution in [0.1, 0.15) is 22.3 Å². The molecule has 0 radical (unpaired) electrons. The molecule has 0 saturated carbocycles. The maximum absolute atomic E-state index is 12.2. The van der Waals surface area contributed by atoms with Gasteiger partial charge in [-0.05, 0) is 36.1 Å². The molecule has 0 spiro atoms. The lowest BCUT2D eigenvalue weighted by atomic mass is 10.2. The highest BCUT2D eigenvalue weighted by Gasteiger charge is 2.18. The molecule has 3 rings (SSSR count). The first-order chi connectivity index (χ1) is 12.5. The highest BCUT2D eigenvalue weighted by atomic mass is 32.1. The summed E-state index contributed by atoms with van der Waals surface area (Å²) < 4.78 is 0. The molecule has 0 atom stereocenters. The number of aryl methyl sites for hydroxylation is 1. The van der Waals surface area contributed by atoms with E-state index >= 15 is 0 Å². The largest absolute Gasteiger partial charge is 0.369 e. The predicted molar refractivity (Wildman–Crippen MR) is 106 cm³/mol. The van der Waals surface area contributed by atoms with Crippen molar-refractivity contribution in [1.29, 1.82) is 0 Å². The number of benzene rings is 1. The number of anilines is 2. The van der Waals surface area contributed by atoms with E-state index in [9.17, 15) is 9.59 Å². The minimum atomic E-state index is -0.520. The summed E-state index contributed by atoms with van der Waals surface area (Å²) in [5.41, 5.74) is 8.20. The van der Waals surface area contributed by atoms with Crippen LogP contribution in [0.5, 0.6) is 0 Å². The first-order valence-electron chi connectivity index (χ1n) is 8.74. The van der Waals surface area contributed by atoms with Crippen LogP contribution in [0.25, 0.3) is 0 Å². The molecule has 138 valence electrons. The number of rotatable bonds is 6. The third kappa shape index (κ3) is 4.62. The highest BCUT2D eigenvalue weighted by Crippen LogP contribution is 2.23. The van der Waals surface area contributed by atoms with Gasteiger partial charge in [-0.3, -0.25) is 14.5 Å². The summed E-state index contributed by atoms with van der Waals surface area (Å²) in [4.78, 5) is 28.1. The van der Waals surface area contributed by atoms with E-state index in [0.29, 0.717) is 23.5 Å². The van der Waals surface area contributed by atoms with E-state index in [1.807, 2.05) is 0 Å². The van der Waals surface area contributed by atoms with Crippen molar-refractivity contribution in [3.8, 4) is 0 Å². The molecule has 0 unspecified atom stereocenters. The van der Waals surface area contributed by atoms with Crippen molar-refractivity contribution in [2.45, 2.75) is 13.3 Å². The highest BCUT2D eigenvalue weighted by molar-refractivity contribution is 7.14. The summed E-state index contributed by atoms with van der Waals surface area (Å²) >= 11 is 1.31. The first kappa shape index (κ1) is 18.4. The maximum Gasteiger partial charge on any atom is 0.251 e. The molecule has 1 aliphatic heterocycles. The predicted octanol–water partition coefficient (Wildman–Crippen LogP) is 2.31. The molecule has 2 amide bonds. The van der Waals surface area contributed by atoms with E-state index in [2.05, 4.69) is 46.3 Å². The fourth-order valence-electron chi connectivity index (χ4n) is 3.10. The lowest BCUT2D eigenvalue weighted by molar-refractivity contribution is -0.116. The van der Waals surface area contributed by atoms with Crippen LogP contribution in [-0.4, -0.2) is 49.4 Å². The zero-order valence-electron chi connectivity index (χ0n) is 14.9. The van der Waals surface area contributed by atoms with Crippen LogP contribution in [0, 0.1) is 6.92 Å². The number of nitrogens with two attached hydrogens (primary N) is 1. The summed E-state index contributed by atoms with van der Waals surface area (Å²) in [5.74, 6) is -0.607. The number of hydrogen-bond donors (Lipinski definition) is 2. The van der Waals surface area contributed by atoms with Gasteiger partial charge in [0.05, 0.1) is 5.56 Å². The van der Waals surface area contributed by atoms with Crippen LogP contribution in [0.2, 0.25) is 0 Å². The Morgan fingerprint density at radius 2 is 1.96 bits per heavy atom. The zero-order valence-corrected chi connectivity index (χ0v) is 15.7. The fraction of sp³-hybridized carbons (Fsp3) is 0.368. The lowest BCUT2D eigenvalue weighted by Crippen LogP contribution is -2.47. The fourth-order valence-corrected chi connectivity index (χ4v) is 3.91. The average molecular weight is 372 g/mol. The molecule has 0 bridgehead atoms. The van der Waals surface area contributed by atoms with Crippen LogP contribution < -0.4 is 16.0 Å². The van der Waals surface area contributed by atoms with Gasteiger partial charge in [0.15, 0.2) is 0 Å². The van der Waals surface area contributed by atoms with Crippen molar-refractivity contribution >= 4 is 33.8 Å². The summed E-state index contributed by atoms with van der Waals surface area (Å²) in [6, 6.07) is 10.2. The number of nitrogens with one attached hydrogen (secondary N) is 1. The molecule has 1 aliphatic rings. The quantitative estimate of drug-likeness (QED) is 0.816. The number of carbonyl (C=O) groups is 2. The standard InChI is InChI=1S/C19H24N4O2S/c1-14-3-2-4-15(13-14)23-10-8-22(9-11-23)7-5-17(24)21-19-16(18(20)25)6-12-26-19/h2-4,6,12-13H,5,7-11H2,1H3,(H2,20,25)(H,21,24). The number of piperazine rings is 1. The normalized spacial score (nSPS) is 15.0. The number of primary amides is 1. The monoisotopic (exact) mass is 372 g/mol. The molecule has 3 N–H and O–H groups in total. The van der Waals surface area contributed by atoms with Gasteiger partial charge in [0.25, 0.3) is 5.91 Å². The van der Waals surface area contributed by atoms with Gasteiger partial charge in [-0.25, -0.2) is 0 Å². The molecule has 1 aromatic heterocycles. The Bertz CT molecular complexity index is 781. The summed E-state index contributed by atoms with van der Waals surface area (Å²) in [5, 5.41) is 5.08. The lowest BCUT2D eigenvalue weighted by Gasteiger charge is -2.36. The van der Waals surface area contributed by atoms with Crippen molar-refractivity contribution in [3.05, 3.63) is 46.8 Å². The molecule has 1 aromatic carbocycles. The summed E-state index contributed by atoms with van der Waals surface area (Å²) in [7, 11) is 0.